The average molecular weight is 300 g/mol. The molecule has 0 fully saturated rings. The SMILES string of the molecule is O=C(O)O.O=S(=O)([O-])OOS(=O)(=O)[O-].[Na+].[Na+]. The summed E-state index contributed by atoms with van der Waals surface area (Å²) in [5.74, 6) is 0. The molecule has 0 heterocycles. The molecule has 11 nitrogen and oxygen atoms in total. The van der Waals surface area contributed by atoms with Crippen molar-refractivity contribution in [3.8, 4) is 0 Å². The summed E-state index contributed by atoms with van der Waals surface area (Å²) in [6.45, 7) is 0. The van der Waals surface area contributed by atoms with Gasteiger partial charge in [0.1, 0.15) is 0 Å². The molecule has 0 amide bonds. The maximum atomic E-state index is 9.37. The molecule has 0 spiro atoms. The molecule has 86 valence electrons. The topological polar surface area (TPSA) is 190 Å². The summed E-state index contributed by atoms with van der Waals surface area (Å²) in [6, 6.07) is 0. The minimum Gasteiger partial charge on any atom is -0.724 e. The quantitative estimate of drug-likeness (QED) is 0.165. The summed E-state index contributed by atoms with van der Waals surface area (Å²) < 4.78 is 61.5. The molecule has 0 aliphatic carbocycles. The van der Waals surface area contributed by atoms with Crippen LogP contribution in [0, 0.1) is 0 Å². The third kappa shape index (κ3) is 45.9. The smallest absolute Gasteiger partial charge is 0.724 e. The van der Waals surface area contributed by atoms with E-state index in [2.05, 4.69) is 8.67 Å². The normalized spacial score (nSPS) is 9.88. The summed E-state index contributed by atoms with van der Waals surface area (Å²) in [6.07, 6.45) is -1.83. The van der Waals surface area contributed by atoms with Gasteiger partial charge in [-0.15, -0.1) is 8.67 Å². The molecule has 0 aliphatic heterocycles. The van der Waals surface area contributed by atoms with Gasteiger partial charge in [-0.1, -0.05) is 0 Å². The van der Waals surface area contributed by atoms with Gasteiger partial charge in [-0.3, -0.25) is 0 Å². The van der Waals surface area contributed by atoms with E-state index in [1.807, 2.05) is 0 Å². The molecule has 0 saturated heterocycles. The van der Waals surface area contributed by atoms with Gasteiger partial charge in [0, 0.05) is 0 Å². The zero-order valence-corrected chi connectivity index (χ0v) is 13.5. The minimum absolute atomic E-state index is 0. The van der Waals surface area contributed by atoms with Crippen LogP contribution in [-0.4, -0.2) is 42.3 Å². The fourth-order valence-electron chi connectivity index (χ4n) is 0.0680. The van der Waals surface area contributed by atoms with Crippen LogP contribution in [0.3, 0.4) is 0 Å². The molecule has 0 aromatic carbocycles. The van der Waals surface area contributed by atoms with Gasteiger partial charge in [0.2, 0.25) is 20.8 Å². The van der Waals surface area contributed by atoms with Crippen LogP contribution in [0.4, 0.5) is 4.79 Å². The van der Waals surface area contributed by atoms with Gasteiger partial charge in [-0.05, 0) is 0 Å². The number of carbonyl (C=O) groups is 1. The Morgan fingerprint density at radius 3 is 1.06 bits per heavy atom. The van der Waals surface area contributed by atoms with E-state index in [4.69, 9.17) is 15.0 Å². The number of rotatable bonds is 3. The molecule has 0 aromatic rings. The second-order valence-corrected chi connectivity index (χ2v) is 3.14. The first-order chi connectivity index (χ1) is 5.94. The fraction of sp³-hybridized carbons (Fsp3) is 0. The third-order valence-electron chi connectivity index (χ3n) is 0.194. The van der Waals surface area contributed by atoms with Crippen molar-refractivity contribution in [2.24, 2.45) is 0 Å². The Morgan fingerprint density at radius 2 is 1.00 bits per heavy atom. The second-order valence-electron chi connectivity index (χ2n) is 1.24. The first-order valence-corrected chi connectivity index (χ1v) is 4.82. The second kappa shape index (κ2) is 11.1. The monoisotopic (exact) mass is 300 g/mol. The Kier molecular flexibility index (Phi) is 17.9. The van der Waals surface area contributed by atoms with Gasteiger partial charge < -0.3 is 19.3 Å². The van der Waals surface area contributed by atoms with E-state index in [0.29, 0.717) is 0 Å². The Hall–Kier alpha value is 1.01. The first kappa shape index (κ1) is 25.8. The summed E-state index contributed by atoms with van der Waals surface area (Å²) in [4.78, 5) is 8.56. The van der Waals surface area contributed by atoms with Crippen LogP contribution in [0.5, 0.6) is 0 Å². The maximum Gasteiger partial charge on any atom is 1.00 e. The Balaban J connectivity index is -0.000000105. The Bertz CT molecular complexity index is 329. The van der Waals surface area contributed by atoms with Crippen LogP contribution in [0.15, 0.2) is 0 Å². The third-order valence-corrected chi connectivity index (χ3v) is 0.750. The van der Waals surface area contributed by atoms with Crippen molar-refractivity contribution in [2.75, 3.05) is 0 Å². The van der Waals surface area contributed by atoms with Crippen molar-refractivity contribution >= 4 is 27.0 Å². The van der Waals surface area contributed by atoms with Gasteiger partial charge >= 0.3 is 65.3 Å². The first-order valence-electron chi connectivity index (χ1n) is 2.15. The molecule has 0 rings (SSSR count). The molecule has 0 aromatic heterocycles. The zero-order valence-electron chi connectivity index (χ0n) is 7.89. The van der Waals surface area contributed by atoms with Crippen LogP contribution in [-0.2, 0) is 29.5 Å². The van der Waals surface area contributed by atoms with Crippen LogP contribution < -0.4 is 59.1 Å². The summed E-state index contributed by atoms with van der Waals surface area (Å²) in [7, 11) is -10.6. The predicted octanol–water partition coefficient (Wildman–Crippen LogP) is -7.91. The molecular formula is CH2Na2O11S2. The molecule has 0 saturated carbocycles. The Morgan fingerprint density at radius 1 is 0.875 bits per heavy atom. The van der Waals surface area contributed by atoms with Gasteiger partial charge in [-0.25, -0.2) is 21.6 Å². The summed E-state index contributed by atoms with van der Waals surface area (Å²) in [5, 5.41) is 13.9. The van der Waals surface area contributed by atoms with Gasteiger partial charge in [-0.2, -0.15) is 0 Å². The molecule has 0 aliphatic rings. The van der Waals surface area contributed by atoms with E-state index < -0.39 is 27.0 Å². The molecule has 0 unspecified atom stereocenters. The molecule has 15 heteroatoms. The summed E-state index contributed by atoms with van der Waals surface area (Å²) in [5.41, 5.74) is 0. The van der Waals surface area contributed by atoms with Crippen molar-refractivity contribution < 1.29 is 109 Å². The van der Waals surface area contributed by atoms with E-state index in [-0.39, 0.29) is 59.1 Å². The summed E-state index contributed by atoms with van der Waals surface area (Å²) >= 11 is 0. The average Bonchev–Trinajstić information content (AvgIpc) is 1.79. The Labute approximate surface area is 134 Å². The van der Waals surface area contributed by atoms with Crippen LogP contribution in [0.1, 0.15) is 0 Å². The van der Waals surface area contributed by atoms with Crippen molar-refractivity contribution in [1.82, 2.24) is 0 Å². The van der Waals surface area contributed by atoms with Gasteiger partial charge in [0.05, 0.1) is 0 Å². The standard InChI is InChI=1S/CH2O3.2Na.H2O8S2/c2-1(3)4;;;1-9(2,3)7-8-10(4,5)6/h(H2,2,3,4);;;(H,1,2,3)(H,4,5,6)/q;2*+1;/p-2. The number of hydrogen-bond acceptors (Lipinski definition) is 9. The largest absolute Gasteiger partial charge is 1.00 e. The fourth-order valence-corrected chi connectivity index (χ4v) is 0.612. The van der Waals surface area contributed by atoms with Crippen molar-refractivity contribution in [3.63, 3.8) is 0 Å². The molecule has 0 atom stereocenters. The van der Waals surface area contributed by atoms with Crippen LogP contribution >= 0.6 is 0 Å². The predicted molar refractivity (Wildman–Crippen MR) is 32.2 cm³/mol. The zero-order chi connectivity index (χ0) is 12.0. The van der Waals surface area contributed by atoms with Crippen molar-refractivity contribution in [2.45, 2.75) is 0 Å². The number of hydrogen-bond donors (Lipinski definition) is 2. The van der Waals surface area contributed by atoms with Crippen molar-refractivity contribution in [3.05, 3.63) is 0 Å². The maximum absolute atomic E-state index is 9.37. The molecular weight excluding hydrogens is 298 g/mol. The van der Waals surface area contributed by atoms with E-state index in [1.54, 1.807) is 0 Å². The molecule has 0 bridgehead atoms. The van der Waals surface area contributed by atoms with Gasteiger partial charge in [0.15, 0.2) is 0 Å². The van der Waals surface area contributed by atoms with E-state index in [1.165, 1.54) is 0 Å². The molecule has 16 heavy (non-hydrogen) atoms. The van der Waals surface area contributed by atoms with E-state index in [9.17, 15) is 25.9 Å². The van der Waals surface area contributed by atoms with Crippen molar-refractivity contribution in [1.29, 1.82) is 0 Å². The molecule has 2 N–H and O–H groups in total. The minimum atomic E-state index is -5.31. The van der Waals surface area contributed by atoms with E-state index in [0.717, 1.165) is 0 Å². The number of carboxylic acid groups (broad SMARTS) is 2. The van der Waals surface area contributed by atoms with Crippen LogP contribution in [0.2, 0.25) is 0 Å². The van der Waals surface area contributed by atoms with E-state index >= 15 is 0 Å². The van der Waals surface area contributed by atoms with Crippen LogP contribution in [0.25, 0.3) is 0 Å². The molecule has 0 radical (unpaired) electrons. The van der Waals surface area contributed by atoms with Gasteiger partial charge in [0.25, 0.3) is 0 Å².